The van der Waals surface area contributed by atoms with Gasteiger partial charge in [0, 0.05) is 25.8 Å². The number of nitrogens with zero attached hydrogens (tertiary/aromatic N) is 3. The molecule has 0 spiro atoms. The fourth-order valence-corrected chi connectivity index (χ4v) is 1.83. The van der Waals surface area contributed by atoms with Crippen LogP contribution in [0.25, 0.3) is 0 Å². The maximum atomic E-state index is 5.72. The second-order valence-electron chi connectivity index (χ2n) is 4.26. The minimum Gasteiger partial charge on any atom is -0.375 e. The van der Waals surface area contributed by atoms with E-state index in [0.29, 0.717) is 11.0 Å². The number of rotatable bonds is 6. The van der Waals surface area contributed by atoms with E-state index in [9.17, 15) is 0 Å². The monoisotopic (exact) mass is 276 g/mol. The molecule has 1 heterocycles. The molecule has 0 atom stereocenters. The van der Waals surface area contributed by atoms with Gasteiger partial charge in [-0.1, -0.05) is 29.8 Å². The minimum atomic E-state index is 0.550. The van der Waals surface area contributed by atoms with E-state index in [2.05, 4.69) is 39.4 Å². The molecule has 0 aliphatic rings. The summed E-state index contributed by atoms with van der Waals surface area (Å²) in [5.74, 6) is 0.617. The van der Waals surface area contributed by atoms with E-state index in [0.717, 1.165) is 19.5 Å². The molecule has 1 aromatic carbocycles. The van der Waals surface area contributed by atoms with E-state index in [1.807, 2.05) is 18.2 Å². The third kappa shape index (κ3) is 4.41. The Morgan fingerprint density at radius 3 is 2.53 bits per heavy atom. The molecule has 100 valence electrons. The molecule has 5 heteroatoms. The molecule has 4 nitrogen and oxygen atoms in total. The van der Waals surface area contributed by atoms with Crippen molar-refractivity contribution in [1.82, 2.24) is 9.97 Å². The molecule has 0 amide bonds. The maximum absolute atomic E-state index is 5.72. The molecular formula is C14H17ClN4. The van der Waals surface area contributed by atoms with Crippen LogP contribution in [0.1, 0.15) is 6.42 Å². The second-order valence-corrected chi connectivity index (χ2v) is 4.70. The Labute approximate surface area is 118 Å². The van der Waals surface area contributed by atoms with Crippen LogP contribution < -0.4 is 10.2 Å². The molecule has 0 aliphatic carbocycles. The normalized spacial score (nSPS) is 10.2. The van der Waals surface area contributed by atoms with Crippen LogP contribution in [0.5, 0.6) is 0 Å². The molecule has 0 saturated carbocycles. The fraction of sp³-hybridized carbons (Fsp3) is 0.286. The predicted molar refractivity (Wildman–Crippen MR) is 79.9 cm³/mol. The smallest absolute Gasteiger partial charge is 0.222 e. The zero-order valence-electron chi connectivity index (χ0n) is 10.9. The van der Waals surface area contributed by atoms with Gasteiger partial charge in [0.1, 0.15) is 0 Å². The predicted octanol–water partition coefficient (Wildman–Crippen LogP) is 3.07. The van der Waals surface area contributed by atoms with Crippen molar-refractivity contribution in [2.75, 3.05) is 30.4 Å². The molecule has 1 N–H and O–H groups in total. The molecule has 19 heavy (non-hydrogen) atoms. The van der Waals surface area contributed by atoms with Gasteiger partial charge in [0.05, 0.1) is 17.4 Å². The number of para-hydroxylation sites is 1. The summed E-state index contributed by atoms with van der Waals surface area (Å²) in [5.41, 5.74) is 1.23. The van der Waals surface area contributed by atoms with Gasteiger partial charge in [-0.25, -0.2) is 9.97 Å². The molecule has 0 saturated heterocycles. The molecule has 0 bridgehead atoms. The number of aromatic nitrogens is 2. The number of nitrogens with one attached hydrogen (secondary N) is 1. The average Bonchev–Trinajstić information content (AvgIpc) is 2.46. The zero-order valence-corrected chi connectivity index (χ0v) is 11.6. The Bertz CT molecular complexity index is 487. The third-order valence-electron chi connectivity index (χ3n) is 2.77. The van der Waals surface area contributed by atoms with Gasteiger partial charge in [-0.05, 0) is 18.6 Å². The van der Waals surface area contributed by atoms with Gasteiger partial charge in [0.15, 0.2) is 0 Å². The third-order valence-corrected chi connectivity index (χ3v) is 2.97. The summed E-state index contributed by atoms with van der Waals surface area (Å²) in [6, 6.07) is 10.3. The van der Waals surface area contributed by atoms with Crippen LogP contribution in [-0.4, -0.2) is 30.1 Å². The Hall–Kier alpha value is -1.81. The van der Waals surface area contributed by atoms with Crippen LogP contribution in [0.2, 0.25) is 5.02 Å². The van der Waals surface area contributed by atoms with Crippen LogP contribution in [0.3, 0.4) is 0 Å². The summed E-state index contributed by atoms with van der Waals surface area (Å²) >= 11 is 5.72. The van der Waals surface area contributed by atoms with Gasteiger partial charge in [-0.3, -0.25) is 0 Å². The highest BCUT2D eigenvalue weighted by molar-refractivity contribution is 6.30. The molecule has 0 radical (unpaired) electrons. The van der Waals surface area contributed by atoms with Crippen molar-refractivity contribution in [3.05, 3.63) is 47.7 Å². The van der Waals surface area contributed by atoms with Crippen molar-refractivity contribution >= 4 is 23.2 Å². The van der Waals surface area contributed by atoms with Gasteiger partial charge < -0.3 is 10.2 Å². The lowest BCUT2D eigenvalue weighted by Gasteiger charge is -2.19. The van der Waals surface area contributed by atoms with Gasteiger partial charge >= 0.3 is 0 Å². The highest BCUT2D eigenvalue weighted by atomic mass is 35.5. The number of halogens is 1. The van der Waals surface area contributed by atoms with Crippen molar-refractivity contribution in [3.63, 3.8) is 0 Å². The number of benzene rings is 1. The minimum absolute atomic E-state index is 0.550. The van der Waals surface area contributed by atoms with E-state index < -0.39 is 0 Å². The lowest BCUT2D eigenvalue weighted by atomic mass is 10.3. The number of anilines is 2. The highest BCUT2D eigenvalue weighted by Gasteiger charge is 2.00. The zero-order chi connectivity index (χ0) is 13.5. The van der Waals surface area contributed by atoms with Crippen molar-refractivity contribution in [2.45, 2.75) is 6.42 Å². The Kier molecular flexibility index (Phi) is 4.98. The van der Waals surface area contributed by atoms with Crippen molar-refractivity contribution < 1.29 is 0 Å². The van der Waals surface area contributed by atoms with Crippen molar-refractivity contribution in [3.8, 4) is 0 Å². The first kappa shape index (κ1) is 13.6. The maximum Gasteiger partial charge on any atom is 0.222 e. The Morgan fingerprint density at radius 1 is 1.16 bits per heavy atom. The van der Waals surface area contributed by atoms with E-state index in [1.165, 1.54) is 5.69 Å². The van der Waals surface area contributed by atoms with Gasteiger partial charge in [-0.15, -0.1) is 0 Å². The average molecular weight is 277 g/mol. The van der Waals surface area contributed by atoms with Crippen LogP contribution in [0.15, 0.2) is 42.7 Å². The van der Waals surface area contributed by atoms with Crippen molar-refractivity contribution in [1.29, 1.82) is 0 Å². The lowest BCUT2D eigenvalue weighted by molar-refractivity contribution is 0.811. The first-order valence-electron chi connectivity index (χ1n) is 6.23. The molecule has 0 fully saturated rings. The quantitative estimate of drug-likeness (QED) is 0.824. The van der Waals surface area contributed by atoms with Gasteiger partial charge in [-0.2, -0.15) is 0 Å². The molecule has 1 aromatic heterocycles. The summed E-state index contributed by atoms with van der Waals surface area (Å²) in [5, 5.41) is 3.72. The second kappa shape index (κ2) is 6.95. The summed E-state index contributed by atoms with van der Waals surface area (Å²) in [4.78, 5) is 10.4. The van der Waals surface area contributed by atoms with Gasteiger partial charge in [0.2, 0.25) is 5.95 Å². The Morgan fingerprint density at radius 2 is 1.84 bits per heavy atom. The first-order valence-corrected chi connectivity index (χ1v) is 6.61. The summed E-state index contributed by atoms with van der Waals surface area (Å²) in [6.07, 6.45) is 4.19. The summed E-state index contributed by atoms with van der Waals surface area (Å²) in [6.45, 7) is 1.81. The number of hydrogen-bond acceptors (Lipinski definition) is 4. The standard InChI is InChI=1S/C14H17ClN4/c1-19(13-6-3-2-4-7-13)9-5-8-16-14-17-10-12(15)11-18-14/h2-4,6-7,10-11H,5,8-9H2,1H3,(H,16,17,18). The van der Waals surface area contributed by atoms with E-state index >= 15 is 0 Å². The van der Waals surface area contributed by atoms with E-state index in [1.54, 1.807) is 12.4 Å². The van der Waals surface area contributed by atoms with Gasteiger partial charge in [0.25, 0.3) is 0 Å². The summed E-state index contributed by atoms with van der Waals surface area (Å²) < 4.78 is 0. The van der Waals surface area contributed by atoms with E-state index in [-0.39, 0.29) is 0 Å². The summed E-state index contributed by atoms with van der Waals surface area (Å²) in [7, 11) is 2.09. The molecule has 0 unspecified atom stereocenters. The number of hydrogen-bond donors (Lipinski definition) is 1. The Balaban J connectivity index is 1.71. The van der Waals surface area contributed by atoms with Crippen LogP contribution in [0, 0.1) is 0 Å². The largest absolute Gasteiger partial charge is 0.375 e. The van der Waals surface area contributed by atoms with E-state index in [4.69, 9.17) is 11.6 Å². The first-order chi connectivity index (χ1) is 9.25. The molecular weight excluding hydrogens is 260 g/mol. The SMILES string of the molecule is CN(CCCNc1ncc(Cl)cn1)c1ccccc1. The van der Waals surface area contributed by atoms with Crippen molar-refractivity contribution in [2.24, 2.45) is 0 Å². The molecule has 2 aromatic rings. The highest BCUT2D eigenvalue weighted by Crippen LogP contribution is 2.11. The van der Waals surface area contributed by atoms with Crippen LogP contribution >= 0.6 is 11.6 Å². The molecule has 2 rings (SSSR count). The van der Waals surface area contributed by atoms with Crippen LogP contribution in [-0.2, 0) is 0 Å². The molecule has 0 aliphatic heterocycles. The van der Waals surface area contributed by atoms with Crippen LogP contribution in [0.4, 0.5) is 11.6 Å². The fourth-order valence-electron chi connectivity index (χ4n) is 1.73. The topological polar surface area (TPSA) is 41.0 Å². The lowest BCUT2D eigenvalue weighted by Crippen LogP contribution is -2.21.